The lowest BCUT2D eigenvalue weighted by Gasteiger charge is -2.09. The fraction of sp³-hybridized carbons (Fsp3) is 0.385. The van der Waals surface area contributed by atoms with Gasteiger partial charge in [0.15, 0.2) is 0 Å². The van der Waals surface area contributed by atoms with Gasteiger partial charge in [0.25, 0.3) is 5.22 Å². The van der Waals surface area contributed by atoms with Crippen LogP contribution in [0.2, 0.25) is 0 Å². The predicted octanol–water partition coefficient (Wildman–Crippen LogP) is 3.16. The summed E-state index contributed by atoms with van der Waals surface area (Å²) in [6.07, 6.45) is 0. The van der Waals surface area contributed by atoms with Crippen molar-refractivity contribution < 1.29 is 8.81 Å². The van der Waals surface area contributed by atoms with Gasteiger partial charge in [0, 0.05) is 5.75 Å². The molecule has 0 radical (unpaired) electrons. The zero-order valence-corrected chi connectivity index (χ0v) is 11.7. The molecule has 0 fully saturated rings. The maximum atomic E-state index is 12.8. The zero-order chi connectivity index (χ0) is 13.8. The average molecular weight is 281 g/mol. The van der Waals surface area contributed by atoms with Crippen LogP contribution in [0.1, 0.15) is 31.3 Å². The fourth-order valence-electron chi connectivity index (χ4n) is 1.42. The summed E-state index contributed by atoms with van der Waals surface area (Å²) in [6.45, 7) is 4.00. The summed E-state index contributed by atoms with van der Waals surface area (Å²) in [4.78, 5) is 0. The Hall–Kier alpha value is -1.40. The molecule has 0 bridgehead atoms. The molecule has 1 unspecified atom stereocenters. The third kappa shape index (κ3) is 3.78. The van der Waals surface area contributed by atoms with Gasteiger partial charge in [-0.1, -0.05) is 37.7 Å². The van der Waals surface area contributed by atoms with E-state index in [9.17, 15) is 4.39 Å². The predicted molar refractivity (Wildman–Crippen MR) is 72.0 cm³/mol. The van der Waals surface area contributed by atoms with Gasteiger partial charge < -0.3 is 10.2 Å². The number of aromatic nitrogens is 2. The molecule has 1 aromatic carbocycles. The Morgan fingerprint density at radius 2 is 1.95 bits per heavy atom. The van der Waals surface area contributed by atoms with Crippen LogP contribution in [0.25, 0.3) is 0 Å². The molecule has 0 saturated carbocycles. The van der Waals surface area contributed by atoms with E-state index in [1.54, 1.807) is 12.1 Å². The highest BCUT2D eigenvalue weighted by Gasteiger charge is 2.17. The average Bonchev–Trinajstić information content (AvgIpc) is 2.86. The Morgan fingerprint density at radius 3 is 2.58 bits per heavy atom. The van der Waals surface area contributed by atoms with E-state index in [2.05, 4.69) is 10.2 Å². The van der Waals surface area contributed by atoms with Crippen molar-refractivity contribution in [3.05, 3.63) is 41.5 Å². The second kappa shape index (κ2) is 6.16. The number of benzene rings is 1. The number of hydrogen-bond donors (Lipinski definition) is 1. The summed E-state index contributed by atoms with van der Waals surface area (Å²) in [5.41, 5.74) is 6.93. The highest BCUT2D eigenvalue weighted by atomic mass is 32.2. The third-order valence-corrected chi connectivity index (χ3v) is 3.59. The van der Waals surface area contributed by atoms with Crippen LogP contribution in [0.3, 0.4) is 0 Å². The maximum absolute atomic E-state index is 12.8. The Kier molecular flexibility index (Phi) is 4.55. The maximum Gasteiger partial charge on any atom is 0.276 e. The lowest BCUT2D eigenvalue weighted by Crippen LogP contribution is -2.16. The van der Waals surface area contributed by atoms with Gasteiger partial charge in [-0.2, -0.15) is 0 Å². The van der Waals surface area contributed by atoms with Crippen LogP contribution in [0, 0.1) is 11.7 Å². The van der Waals surface area contributed by atoms with Crippen molar-refractivity contribution in [2.75, 3.05) is 0 Å². The molecule has 2 rings (SSSR count). The molecule has 4 nitrogen and oxygen atoms in total. The minimum absolute atomic E-state index is 0.239. The Balaban J connectivity index is 1.95. The van der Waals surface area contributed by atoms with Crippen LogP contribution in [-0.4, -0.2) is 10.2 Å². The van der Waals surface area contributed by atoms with Crippen molar-refractivity contribution in [3.63, 3.8) is 0 Å². The van der Waals surface area contributed by atoms with E-state index in [1.165, 1.54) is 23.9 Å². The first kappa shape index (κ1) is 14.0. The van der Waals surface area contributed by atoms with Crippen LogP contribution >= 0.6 is 11.8 Å². The van der Waals surface area contributed by atoms with Gasteiger partial charge in [-0.05, 0) is 23.6 Å². The van der Waals surface area contributed by atoms with E-state index >= 15 is 0 Å². The molecular formula is C13H16FN3OS. The molecule has 0 saturated heterocycles. The summed E-state index contributed by atoms with van der Waals surface area (Å²) < 4.78 is 18.3. The number of nitrogens with zero attached hydrogens (tertiary/aromatic N) is 2. The molecule has 0 spiro atoms. The molecular weight excluding hydrogens is 265 g/mol. The van der Waals surface area contributed by atoms with E-state index in [1.807, 2.05) is 13.8 Å². The molecule has 102 valence electrons. The fourth-order valence-corrected chi connectivity index (χ4v) is 2.15. The molecule has 1 heterocycles. The third-order valence-electron chi connectivity index (χ3n) is 2.70. The van der Waals surface area contributed by atoms with Crippen molar-refractivity contribution in [1.82, 2.24) is 10.2 Å². The number of halogens is 1. The Labute approximate surface area is 115 Å². The largest absolute Gasteiger partial charge is 0.414 e. The minimum atomic E-state index is -0.243. The van der Waals surface area contributed by atoms with E-state index in [4.69, 9.17) is 10.2 Å². The van der Waals surface area contributed by atoms with Crippen molar-refractivity contribution >= 4 is 11.8 Å². The summed E-state index contributed by atoms with van der Waals surface area (Å²) >= 11 is 1.41. The van der Waals surface area contributed by atoms with Crippen LogP contribution in [0.5, 0.6) is 0 Å². The van der Waals surface area contributed by atoms with Gasteiger partial charge in [0.1, 0.15) is 5.82 Å². The number of thioether (sulfide) groups is 1. The van der Waals surface area contributed by atoms with Crippen molar-refractivity contribution in [2.45, 2.75) is 30.9 Å². The van der Waals surface area contributed by atoms with Gasteiger partial charge >= 0.3 is 0 Å². The van der Waals surface area contributed by atoms with Crippen LogP contribution in [0.15, 0.2) is 33.9 Å². The molecule has 2 aromatic rings. The highest BCUT2D eigenvalue weighted by molar-refractivity contribution is 7.98. The first-order chi connectivity index (χ1) is 9.06. The molecule has 0 aliphatic heterocycles. The normalized spacial score (nSPS) is 12.9. The smallest absolute Gasteiger partial charge is 0.276 e. The summed E-state index contributed by atoms with van der Waals surface area (Å²) in [7, 11) is 0. The van der Waals surface area contributed by atoms with Gasteiger partial charge in [0.2, 0.25) is 5.89 Å². The van der Waals surface area contributed by atoms with E-state index in [0.717, 1.165) is 5.56 Å². The van der Waals surface area contributed by atoms with Crippen LogP contribution < -0.4 is 5.73 Å². The quantitative estimate of drug-likeness (QED) is 0.853. The molecule has 0 aliphatic carbocycles. The summed E-state index contributed by atoms with van der Waals surface area (Å²) in [5.74, 6) is 1.11. The molecule has 0 aliphatic rings. The number of rotatable bonds is 5. The molecule has 0 amide bonds. The van der Waals surface area contributed by atoms with Crippen molar-refractivity contribution in [2.24, 2.45) is 11.7 Å². The van der Waals surface area contributed by atoms with Crippen molar-refractivity contribution in [3.8, 4) is 0 Å². The molecule has 1 aromatic heterocycles. The second-order valence-corrected chi connectivity index (χ2v) is 5.52. The second-order valence-electron chi connectivity index (χ2n) is 4.59. The van der Waals surface area contributed by atoms with Crippen LogP contribution in [0.4, 0.5) is 4.39 Å². The van der Waals surface area contributed by atoms with Gasteiger partial charge in [-0.25, -0.2) is 4.39 Å². The van der Waals surface area contributed by atoms with E-state index in [-0.39, 0.29) is 17.8 Å². The number of nitrogens with two attached hydrogens (primary N) is 1. The summed E-state index contributed by atoms with van der Waals surface area (Å²) in [5, 5.41) is 8.37. The Bertz CT molecular complexity index is 527. The Morgan fingerprint density at radius 1 is 1.26 bits per heavy atom. The van der Waals surface area contributed by atoms with Gasteiger partial charge in [-0.3, -0.25) is 0 Å². The van der Waals surface area contributed by atoms with E-state index < -0.39 is 0 Å². The summed E-state index contributed by atoms with van der Waals surface area (Å²) in [6, 6.07) is 6.10. The van der Waals surface area contributed by atoms with E-state index in [0.29, 0.717) is 16.9 Å². The monoisotopic (exact) mass is 281 g/mol. The standard InChI is InChI=1S/C13H16FN3OS/c1-8(2)11(15)12-16-17-13(18-12)19-7-9-3-5-10(14)6-4-9/h3-6,8,11H,7,15H2,1-2H3. The van der Waals surface area contributed by atoms with Crippen molar-refractivity contribution in [1.29, 1.82) is 0 Å². The lowest BCUT2D eigenvalue weighted by atomic mass is 10.1. The first-order valence-electron chi connectivity index (χ1n) is 6.02. The van der Waals surface area contributed by atoms with Crippen LogP contribution in [-0.2, 0) is 5.75 Å². The molecule has 19 heavy (non-hydrogen) atoms. The highest BCUT2D eigenvalue weighted by Crippen LogP contribution is 2.25. The molecule has 6 heteroatoms. The molecule has 1 atom stereocenters. The zero-order valence-electron chi connectivity index (χ0n) is 10.8. The van der Waals surface area contributed by atoms with Gasteiger partial charge in [-0.15, -0.1) is 10.2 Å². The first-order valence-corrected chi connectivity index (χ1v) is 7.01. The number of hydrogen-bond acceptors (Lipinski definition) is 5. The molecule has 2 N–H and O–H groups in total. The topological polar surface area (TPSA) is 64.9 Å². The minimum Gasteiger partial charge on any atom is -0.414 e. The SMILES string of the molecule is CC(C)C(N)c1nnc(SCc2ccc(F)cc2)o1. The lowest BCUT2D eigenvalue weighted by molar-refractivity contribution is 0.349. The van der Waals surface area contributed by atoms with Gasteiger partial charge in [0.05, 0.1) is 6.04 Å².